The highest BCUT2D eigenvalue weighted by Gasteiger charge is 2.23. The van der Waals surface area contributed by atoms with Crippen LogP contribution in [0.15, 0.2) is 71.3 Å². The van der Waals surface area contributed by atoms with Gasteiger partial charge in [0, 0.05) is 17.2 Å². The minimum Gasteiger partial charge on any atom is -0.497 e. The Morgan fingerprint density at radius 2 is 1.91 bits per heavy atom. The van der Waals surface area contributed by atoms with Gasteiger partial charge in [-0.3, -0.25) is 4.79 Å². The predicted molar refractivity (Wildman–Crippen MR) is 122 cm³/mol. The number of benzene rings is 2. The molecule has 4 rings (SSSR count). The molecule has 0 radical (unpaired) electrons. The van der Waals surface area contributed by atoms with Crippen LogP contribution in [0.2, 0.25) is 0 Å². The van der Waals surface area contributed by atoms with Crippen LogP contribution in [0.5, 0.6) is 11.5 Å². The number of amides is 1. The van der Waals surface area contributed by atoms with Crippen molar-refractivity contribution in [2.24, 2.45) is 0 Å². The number of nitrogens with one attached hydrogen (secondary N) is 1. The summed E-state index contributed by atoms with van der Waals surface area (Å²) in [5.41, 5.74) is 1.73. The van der Waals surface area contributed by atoms with Crippen LogP contribution in [0, 0.1) is 0 Å². The molecule has 9 nitrogen and oxygen atoms in total. The molecule has 2 aromatic carbocycles. The maximum Gasteiger partial charge on any atom is 0.270 e. The molecule has 0 spiro atoms. The molecule has 0 aliphatic heterocycles. The Balaban J connectivity index is 1.71. The summed E-state index contributed by atoms with van der Waals surface area (Å²) in [6.07, 6.45) is 3.12. The van der Waals surface area contributed by atoms with Crippen LogP contribution in [-0.2, 0) is 4.79 Å². The normalized spacial score (nSPS) is 12.3. The molecule has 0 saturated carbocycles. The number of ether oxygens (including phenoxy) is 2. The summed E-state index contributed by atoms with van der Waals surface area (Å²) in [7, 11) is 3.16. The van der Waals surface area contributed by atoms with E-state index in [-0.39, 0.29) is 5.70 Å². The second-order valence-corrected chi connectivity index (χ2v) is 7.13. The molecule has 1 unspecified atom stereocenters. The van der Waals surface area contributed by atoms with Gasteiger partial charge in [-0.05, 0) is 47.7 Å². The Kier molecular flexibility index (Phi) is 6.49. The molecule has 0 aliphatic carbocycles. The topological polar surface area (TPSA) is 104 Å². The summed E-state index contributed by atoms with van der Waals surface area (Å²) in [6, 6.07) is 17.9. The second-order valence-electron chi connectivity index (χ2n) is 7.13. The maximum atomic E-state index is 13.5. The van der Waals surface area contributed by atoms with Crippen molar-refractivity contribution in [2.45, 2.75) is 13.0 Å². The molecule has 168 valence electrons. The molecule has 1 atom stereocenters. The Morgan fingerprint density at radius 3 is 2.61 bits per heavy atom. The molecule has 0 aliphatic rings. The summed E-state index contributed by atoms with van der Waals surface area (Å²) >= 11 is 0. The lowest BCUT2D eigenvalue weighted by Crippen LogP contribution is -2.30. The number of nitrogens with zero attached hydrogens (tertiary/aromatic N) is 4. The molecule has 0 saturated heterocycles. The third-order valence-corrected chi connectivity index (χ3v) is 5.04. The zero-order valence-electron chi connectivity index (χ0n) is 18.4. The largest absolute Gasteiger partial charge is 0.497 e. The molecule has 0 bridgehead atoms. The molecule has 2 heterocycles. The Hall–Kier alpha value is -4.40. The third-order valence-electron chi connectivity index (χ3n) is 5.04. The van der Waals surface area contributed by atoms with Gasteiger partial charge in [0.05, 0.1) is 26.5 Å². The second kappa shape index (κ2) is 9.82. The first kappa shape index (κ1) is 21.8. The fourth-order valence-corrected chi connectivity index (χ4v) is 3.37. The van der Waals surface area contributed by atoms with E-state index in [1.807, 2.05) is 43.3 Å². The van der Waals surface area contributed by atoms with E-state index in [2.05, 4.69) is 20.8 Å². The highest BCUT2D eigenvalue weighted by Crippen LogP contribution is 2.30. The van der Waals surface area contributed by atoms with Gasteiger partial charge in [-0.25, -0.2) is 0 Å². The van der Waals surface area contributed by atoms with Crippen molar-refractivity contribution >= 4 is 17.7 Å². The van der Waals surface area contributed by atoms with E-state index >= 15 is 0 Å². The zero-order valence-corrected chi connectivity index (χ0v) is 18.4. The molecule has 33 heavy (non-hydrogen) atoms. The van der Waals surface area contributed by atoms with Gasteiger partial charge in [0.25, 0.3) is 5.91 Å². The van der Waals surface area contributed by atoms with E-state index in [4.69, 9.17) is 13.9 Å². The number of hydrogen-bond donors (Lipinski definition) is 1. The molecule has 1 N–H and O–H groups in total. The number of hydrogen-bond acceptors (Lipinski definition) is 7. The van der Waals surface area contributed by atoms with Crippen molar-refractivity contribution in [3.63, 3.8) is 0 Å². The molecular weight excluding hydrogens is 422 g/mol. The van der Waals surface area contributed by atoms with Gasteiger partial charge in [-0.2, -0.15) is 4.68 Å². The predicted octanol–water partition coefficient (Wildman–Crippen LogP) is 3.83. The van der Waals surface area contributed by atoms with Crippen LogP contribution >= 0.6 is 0 Å². The van der Waals surface area contributed by atoms with Crippen molar-refractivity contribution in [2.75, 3.05) is 14.2 Å². The molecule has 9 heteroatoms. The van der Waals surface area contributed by atoms with Crippen molar-refractivity contribution in [3.05, 3.63) is 78.3 Å². The van der Waals surface area contributed by atoms with E-state index in [9.17, 15) is 4.79 Å². The van der Waals surface area contributed by atoms with Gasteiger partial charge < -0.3 is 19.2 Å². The molecule has 2 aromatic heterocycles. The van der Waals surface area contributed by atoms with E-state index in [0.717, 1.165) is 11.1 Å². The van der Waals surface area contributed by atoms with Gasteiger partial charge in [0.15, 0.2) is 5.82 Å². The highest BCUT2D eigenvalue weighted by molar-refractivity contribution is 6.18. The van der Waals surface area contributed by atoms with Gasteiger partial charge in [-0.1, -0.05) is 30.3 Å². The summed E-state index contributed by atoms with van der Waals surface area (Å²) in [5, 5.41) is 15.0. The van der Waals surface area contributed by atoms with Gasteiger partial charge in [0.2, 0.25) is 0 Å². The first-order chi connectivity index (χ1) is 16.1. The van der Waals surface area contributed by atoms with Crippen LogP contribution in [0.3, 0.4) is 0 Å². The number of rotatable bonds is 8. The van der Waals surface area contributed by atoms with E-state index in [0.29, 0.717) is 23.1 Å². The fraction of sp³-hybridized carbons (Fsp3) is 0.167. The third kappa shape index (κ3) is 4.77. The average Bonchev–Trinajstić information content (AvgIpc) is 3.54. The number of methoxy groups -OCH3 is 2. The summed E-state index contributed by atoms with van der Waals surface area (Å²) in [4.78, 5) is 13.5. The van der Waals surface area contributed by atoms with E-state index in [1.165, 1.54) is 10.9 Å². The van der Waals surface area contributed by atoms with Crippen molar-refractivity contribution in [1.29, 1.82) is 0 Å². The van der Waals surface area contributed by atoms with Crippen molar-refractivity contribution in [3.8, 4) is 22.9 Å². The van der Waals surface area contributed by atoms with Crippen LogP contribution in [0.1, 0.15) is 24.3 Å². The maximum absolute atomic E-state index is 13.5. The minimum atomic E-state index is -0.404. The van der Waals surface area contributed by atoms with Crippen LogP contribution < -0.4 is 14.8 Å². The Labute approximate surface area is 190 Å². The number of carbonyl (C=O) groups is 1. The summed E-state index contributed by atoms with van der Waals surface area (Å²) in [6.45, 7) is 1.86. The monoisotopic (exact) mass is 445 g/mol. The summed E-state index contributed by atoms with van der Waals surface area (Å²) in [5.74, 6) is 1.81. The van der Waals surface area contributed by atoms with Gasteiger partial charge >= 0.3 is 0 Å². The Bertz CT molecular complexity index is 1250. The number of furan rings is 1. The zero-order chi connectivity index (χ0) is 23.2. The highest BCUT2D eigenvalue weighted by atomic mass is 16.5. The fourth-order valence-electron chi connectivity index (χ4n) is 3.37. The van der Waals surface area contributed by atoms with Gasteiger partial charge in [-0.15, -0.1) is 5.10 Å². The lowest BCUT2D eigenvalue weighted by atomic mass is 10.1. The smallest absolute Gasteiger partial charge is 0.270 e. The summed E-state index contributed by atoms with van der Waals surface area (Å²) < 4.78 is 17.6. The van der Waals surface area contributed by atoms with Gasteiger partial charge in [0.1, 0.15) is 23.0 Å². The lowest BCUT2D eigenvalue weighted by Gasteiger charge is -2.19. The first-order valence-electron chi connectivity index (χ1n) is 10.2. The van der Waals surface area contributed by atoms with Crippen LogP contribution in [-0.4, -0.2) is 40.3 Å². The van der Waals surface area contributed by atoms with Crippen LogP contribution in [0.25, 0.3) is 23.2 Å². The minimum absolute atomic E-state index is 0.197. The van der Waals surface area contributed by atoms with Crippen molar-refractivity contribution in [1.82, 2.24) is 25.5 Å². The molecule has 4 aromatic rings. The standard InChI is InChI=1S/C24H23N5O4/c1-16(20-14-18(31-2)11-12-22(20)32-3)25-24(30)21(15-19-10-7-13-33-19)29-23(26-27-28-29)17-8-5-4-6-9-17/h4-16H,1-3H3,(H,25,30)/b21-15-. The lowest BCUT2D eigenvalue weighted by molar-refractivity contribution is -0.116. The number of tetrazole rings is 1. The number of carbonyl (C=O) groups excluding carboxylic acids is 1. The molecular formula is C24H23N5O4. The molecule has 0 fully saturated rings. The molecule has 1 amide bonds. The number of aromatic nitrogens is 4. The average molecular weight is 445 g/mol. The Morgan fingerprint density at radius 1 is 1.09 bits per heavy atom. The van der Waals surface area contributed by atoms with Crippen LogP contribution in [0.4, 0.5) is 0 Å². The van der Waals surface area contributed by atoms with E-state index in [1.54, 1.807) is 44.6 Å². The SMILES string of the molecule is COc1ccc(OC)c(C(C)NC(=O)/C(=C/c2ccco2)n2nnnc2-c2ccccc2)c1. The first-order valence-corrected chi connectivity index (χ1v) is 10.2. The van der Waals surface area contributed by atoms with E-state index < -0.39 is 11.9 Å². The van der Waals surface area contributed by atoms with Crippen molar-refractivity contribution < 1.29 is 18.7 Å². The quantitative estimate of drug-likeness (QED) is 0.411.